The molecule has 25 heavy (non-hydrogen) atoms. The lowest BCUT2D eigenvalue weighted by Gasteiger charge is -2.32. The minimum absolute atomic E-state index is 0. The zero-order valence-electron chi connectivity index (χ0n) is 14.0. The van der Waals surface area contributed by atoms with E-state index < -0.39 is 0 Å². The van der Waals surface area contributed by atoms with Gasteiger partial charge in [-0.1, -0.05) is 12.1 Å². The first-order valence-electron chi connectivity index (χ1n) is 8.23. The Morgan fingerprint density at radius 2 is 2.08 bits per heavy atom. The second kappa shape index (κ2) is 6.86. The summed E-state index contributed by atoms with van der Waals surface area (Å²) in [4.78, 5) is 12.3. The third-order valence-electron chi connectivity index (χ3n) is 4.75. The Hall–Kier alpha value is -2.37. The summed E-state index contributed by atoms with van der Waals surface area (Å²) in [6, 6.07) is 14.0. The number of hydrogen-bond acceptors (Lipinski definition) is 3. The van der Waals surface area contributed by atoms with Crippen molar-refractivity contribution >= 4 is 34.9 Å². The highest BCUT2D eigenvalue weighted by Gasteiger charge is 2.33. The van der Waals surface area contributed by atoms with Crippen LogP contribution in [0.25, 0.3) is 16.6 Å². The zero-order chi connectivity index (χ0) is 16.7. The molecule has 2 aromatic carbocycles. The van der Waals surface area contributed by atoms with Crippen LogP contribution >= 0.6 is 12.4 Å². The van der Waals surface area contributed by atoms with E-state index in [2.05, 4.69) is 29.5 Å². The van der Waals surface area contributed by atoms with E-state index in [0.717, 1.165) is 35.1 Å². The Morgan fingerprint density at radius 1 is 1.24 bits per heavy atom. The molecule has 4 rings (SSSR count). The molecule has 3 N–H and O–H groups in total. The summed E-state index contributed by atoms with van der Waals surface area (Å²) in [5.74, 6) is -0.0582. The van der Waals surface area contributed by atoms with Gasteiger partial charge >= 0.3 is 0 Å². The number of carbonyl (C=O) groups is 1. The van der Waals surface area contributed by atoms with E-state index in [-0.39, 0.29) is 30.3 Å². The predicted octanol–water partition coefficient (Wildman–Crippen LogP) is 3.43. The Morgan fingerprint density at radius 3 is 2.76 bits per heavy atom. The molecule has 0 radical (unpaired) electrons. The number of halogens is 1. The molecule has 130 valence electrons. The Kier molecular flexibility index (Phi) is 4.79. The topological polar surface area (TPSA) is 72.9 Å². The minimum atomic E-state index is -0.0672. The number of anilines is 1. The van der Waals surface area contributed by atoms with Crippen LogP contribution in [-0.4, -0.2) is 21.7 Å². The highest BCUT2D eigenvalue weighted by Crippen LogP contribution is 2.28. The molecular weight excluding hydrogens is 336 g/mol. The maximum Gasteiger partial charge on any atom is 0.229 e. The van der Waals surface area contributed by atoms with Crippen molar-refractivity contribution in [2.24, 2.45) is 11.7 Å². The highest BCUT2D eigenvalue weighted by atomic mass is 35.5. The fourth-order valence-electron chi connectivity index (χ4n) is 3.15. The summed E-state index contributed by atoms with van der Waals surface area (Å²) >= 11 is 0. The van der Waals surface area contributed by atoms with Gasteiger partial charge in [0.05, 0.1) is 23.3 Å². The number of rotatable bonds is 3. The molecule has 0 saturated heterocycles. The lowest BCUT2D eigenvalue weighted by Crippen LogP contribution is -2.46. The van der Waals surface area contributed by atoms with Crippen LogP contribution in [-0.2, 0) is 4.79 Å². The van der Waals surface area contributed by atoms with Gasteiger partial charge in [-0.2, -0.15) is 5.10 Å². The molecule has 5 nitrogen and oxygen atoms in total. The fraction of sp³-hybridized carbons (Fsp3) is 0.263. The van der Waals surface area contributed by atoms with Gasteiger partial charge in [-0.25, -0.2) is 4.68 Å². The highest BCUT2D eigenvalue weighted by molar-refractivity contribution is 5.96. The van der Waals surface area contributed by atoms with Crippen molar-refractivity contribution in [1.29, 1.82) is 0 Å². The van der Waals surface area contributed by atoms with Crippen molar-refractivity contribution in [2.45, 2.75) is 25.8 Å². The maximum atomic E-state index is 12.3. The van der Waals surface area contributed by atoms with Crippen molar-refractivity contribution in [3.63, 3.8) is 0 Å². The van der Waals surface area contributed by atoms with Gasteiger partial charge in [0, 0.05) is 17.1 Å². The number of amides is 1. The van der Waals surface area contributed by atoms with E-state index in [9.17, 15) is 4.79 Å². The number of carbonyl (C=O) groups excluding carboxylic acids is 1. The van der Waals surface area contributed by atoms with Gasteiger partial charge in [-0.3, -0.25) is 4.79 Å². The molecule has 0 bridgehead atoms. The molecule has 1 aromatic heterocycles. The molecule has 2 atom stereocenters. The van der Waals surface area contributed by atoms with Crippen LogP contribution in [0.5, 0.6) is 0 Å². The number of benzene rings is 2. The van der Waals surface area contributed by atoms with Crippen LogP contribution in [0.2, 0.25) is 0 Å². The van der Waals surface area contributed by atoms with Crippen LogP contribution in [0.15, 0.2) is 48.7 Å². The Bertz CT molecular complexity index is 921. The monoisotopic (exact) mass is 356 g/mol. The summed E-state index contributed by atoms with van der Waals surface area (Å²) in [5.41, 5.74) is 9.83. The molecule has 6 heteroatoms. The van der Waals surface area contributed by atoms with Crippen LogP contribution < -0.4 is 11.1 Å². The number of nitrogens with one attached hydrogen (secondary N) is 1. The van der Waals surface area contributed by atoms with Crippen molar-refractivity contribution in [3.05, 3.63) is 54.2 Å². The molecule has 0 unspecified atom stereocenters. The normalized spacial score (nSPS) is 19.1. The second-order valence-electron chi connectivity index (χ2n) is 6.51. The Balaban J connectivity index is 0.00000182. The third kappa shape index (κ3) is 3.25. The van der Waals surface area contributed by atoms with E-state index in [0.29, 0.717) is 0 Å². The number of fused-ring (bicyclic) bond motifs is 1. The summed E-state index contributed by atoms with van der Waals surface area (Å²) < 4.78 is 1.90. The largest absolute Gasteiger partial charge is 0.327 e. The first-order valence-corrected chi connectivity index (χ1v) is 8.23. The second-order valence-corrected chi connectivity index (χ2v) is 6.51. The summed E-state index contributed by atoms with van der Waals surface area (Å²) in [7, 11) is 0. The molecule has 1 amide bonds. The molecule has 0 spiro atoms. The van der Waals surface area contributed by atoms with Crippen molar-refractivity contribution in [3.8, 4) is 5.69 Å². The fourth-order valence-corrected chi connectivity index (χ4v) is 3.15. The molecule has 1 aliphatic rings. The van der Waals surface area contributed by atoms with Crippen LogP contribution in [0.1, 0.15) is 18.4 Å². The molecule has 0 aliphatic heterocycles. The van der Waals surface area contributed by atoms with Crippen molar-refractivity contribution in [1.82, 2.24) is 9.78 Å². The van der Waals surface area contributed by atoms with Gasteiger partial charge in [-0.05, 0) is 55.7 Å². The lowest BCUT2D eigenvalue weighted by molar-refractivity contribution is -0.122. The van der Waals surface area contributed by atoms with Gasteiger partial charge in [0.25, 0.3) is 0 Å². The molecule has 1 heterocycles. The average Bonchev–Trinajstić information content (AvgIpc) is 2.96. The molecule has 1 aliphatic carbocycles. The SMILES string of the molecule is Cc1cccc(-n2ncc3ccc(NC(=O)[C@@H]4CC[C@H]4N)cc32)c1.Cl. The maximum absolute atomic E-state index is 12.3. The van der Waals surface area contributed by atoms with Crippen molar-refractivity contribution < 1.29 is 4.79 Å². The van der Waals surface area contributed by atoms with Gasteiger partial charge in [0.2, 0.25) is 5.91 Å². The van der Waals surface area contributed by atoms with Crippen LogP contribution in [0.4, 0.5) is 5.69 Å². The number of hydrogen-bond donors (Lipinski definition) is 2. The Labute approximate surface area is 152 Å². The number of nitrogens with two attached hydrogens (primary N) is 1. The standard InChI is InChI=1S/C19H20N4O.ClH/c1-12-3-2-4-15(9-12)23-18-10-14(6-5-13(18)11-21-23)22-19(24)16-7-8-17(16)20;/h2-6,9-11,16-17H,7-8,20H2,1H3,(H,22,24);1H/t16-,17-;/m1./s1. The third-order valence-corrected chi connectivity index (χ3v) is 4.75. The first-order chi connectivity index (χ1) is 11.6. The smallest absolute Gasteiger partial charge is 0.229 e. The zero-order valence-corrected chi connectivity index (χ0v) is 14.8. The molecular formula is C19H21ClN4O. The average molecular weight is 357 g/mol. The summed E-state index contributed by atoms with van der Waals surface area (Å²) in [6.07, 6.45) is 3.64. The molecule has 3 aromatic rings. The van der Waals surface area contributed by atoms with Crippen LogP contribution in [0.3, 0.4) is 0 Å². The van der Waals surface area contributed by atoms with Gasteiger partial charge in [-0.15, -0.1) is 12.4 Å². The van der Waals surface area contributed by atoms with E-state index in [1.807, 2.05) is 41.2 Å². The first kappa shape index (κ1) is 17.5. The van der Waals surface area contributed by atoms with Crippen LogP contribution in [0, 0.1) is 12.8 Å². The quantitative estimate of drug-likeness (QED) is 0.755. The van der Waals surface area contributed by atoms with Gasteiger partial charge in [0.1, 0.15) is 0 Å². The minimum Gasteiger partial charge on any atom is -0.327 e. The van der Waals surface area contributed by atoms with E-state index in [4.69, 9.17) is 5.73 Å². The molecule has 1 fully saturated rings. The summed E-state index contributed by atoms with van der Waals surface area (Å²) in [6.45, 7) is 2.06. The predicted molar refractivity (Wildman–Crippen MR) is 102 cm³/mol. The van der Waals surface area contributed by atoms with E-state index in [1.165, 1.54) is 5.56 Å². The number of nitrogens with zero attached hydrogens (tertiary/aromatic N) is 2. The summed E-state index contributed by atoms with van der Waals surface area (Å²) in [5, 5.41) is 8.51. The van der Waals surface area contributed by atoms with E-state index >= 15 is 0 Å². The lowest BCUT2D eigenvalue weighted by atomic mass is 9.79. The number of aromatic nitrogens is 2. The van der Waals surface area contributed by atoms with Crippen molar-refractivity contribution in [2.75, 3.05) is 5.32 Å². The molecule has 1 saturated carbocycles. The van der Waals surface area contributed by atoms with E-state index in [1.54, 1.807) is 0 Å². The van der Waals surface area contributed by atoms with Gasteiger partial charge in [0.15, 0.2) is 0 Å². The van der Waals surface area contributed by atoms with Gasteiger partial charge < -0.3 is 11.1 Å². The number of aryl methyl sites for hydroxylation is 1.